The number of carbonyl (C=O) groups is 1. The van der Waals surface area contributed by atoms with Crippen LogP contribution < -0.4 is 0 Å². The van der Waals surface area contributed by atoms with Crippen molar-refractivity contribution in [1.82, 2.24) is 0 Å². The molecule has 0 fully saturated rings. The number of esters is 1. The maximum Gasteiger partial charge on any atom is 0.330 e. The van der Waals surface area contributed by atoms with Crippen LogP contribution in [0.2, 0.25) is 0 Å². The molecule has 0 aliphatic heterocycles. The van der Waals surface area contributed by atoms with Gasteiger partial charge in [-0.15, -0.1) is 0 Å². The molecule has 1 unspecified atom stereocenters. The van der Waals surface area contributed by atoms with E-state index >= 15 is 0 Å². The lowest BCUT2D eigenvalue weighted by Crippen LogP contribution is -2.09. The van der Waals surface area contributed by atoms with Crippen LogP contribution in [0.1, 0.15) is 123 Å². The SMILES string of the molecule is C=CC(=O)OCCC(CCCCCCCC)CCCCCCCCCC. The third-order valence-corrected chi connectivity index (χ3v) is 5.37. The van der Waals surface area contributed by atoms with Crippen molar-refractivity contribution in [2.75, 3.05) is 6.61 Å². The normalized spacial score (nSPS) is 12.1. The number of ether oxygens (including phenoxy) is 1. The summed E-state index contributed by atoms with van der Waals surface area (Å²) in [7, 11) is 0. The van der Waals surface area contributed by atoms with E-state index in [0.717, 1.165) is 12.3 Å². The molecule has 0 amide bonds. The Balaban J connectivity index is 3.84. The third-order valence-electron chi connectivity index (χ3n) is 5.37. The number of rotatable bonds is 20. The van der Waals surface area contributed by atoms with Crippen LogP contribution in [0.3, 0.4) is 0 Å². The maximum absolute atomic E-state index is 11.2. The minimum Gasteiger partial charge on any atom is -0.463 e. The zero-order valence-electron chi connectivity index (χ0n) is 17.9. The van der Waals surface area contributed by atoms with Gasteiger partial charge >= 0.3 is 5.97 Å². The van der Waals surface area contributed by atoms with Gasteiger partial charge in [-0.2, -0.15) is 0 Å². The van der Waals surface area contributed by atoms with Crippen LogP contribution in [-0.4, -0.2) is 12.6 Å². The molecule has 0 bridgehead atoms. The summed E-state index contributed by atoms with van der Waals surface area (Å²) in [6.45, 7) is 8.57. The first-order valence-corrected chi connectivity index (χ1v) is 11.5. The molecule has 0 aromatic heterocycles. The van der Waals surface area contributed by atoms with Crippen LogP contribution in [0.25, 0.3) is 0 Å². The highest BCUT2D eigenvalue weighted by Crippen LogP contribution is 2.22. The summed E-state index contributed by atoms with van der Waals surface area (Å²) in [6, 6.07) is 0. The molecule has 0 N–H and O–H groups in total. The predicted molar refractivity (Wildman–Crippen MR) is 114 cm³/mol. The fourth-order valence-corrected chi connectivity index (χ4v) is 3.60. The molecule has 154 valence electrons. The van der Waals surface area contributed by atoms with Crippen molar-refractivity contribution < 1.29 is 9.53 Å². The highest BCUT2D eigenvalue weighted by atomic mass is 16.5. The van der Waals surface area contributed by atoms with Crippen molar-refractivity contribution in [3.8, 4) is 0 Å². The third kappa shape index (κ3) is 18.0. The van der Waals surface area contributed by atoms with E-state index in [4.69, 9.17) is 4.74 Å². The molecule has 2 nitrogen and oxygen atoms in total. The molecule has 0 aliphatic rings. The van der Waals surface area contributed by atoms with Crippen LogP contribution in [0.15, 0.2) is 12.7 Å². The van der Waals surface area contributed by atoms with Crippen LogP contribution in [0.5, 0.6) is 0 Å². The first kappa shape index (κ1) is 25.2. The average Bonchev–Trinajstić information content (AvgIpc) is 2.65. The van der Waals surface area contributed by atoms with Gasteiger partial charge in [-0.05, 0) is 12.3 Å². The van der Waals surface area contributed by atoms with Crippen molar-refractivity contribution in [3.05, 3.63) is 12.7 Å². The highest BCUT2D eigenvalue weighted by Gasteiger charge is 2.10. The molecule has 0 rings (SSSR count). The Kier molecular flexibility index (Phi) is 19.9. The summed E-state index contributed by atoms with van der Waals surface area (Å²) in [5, 5.41) is 0. The first-order valence-electron chi connectivity index (χ1n) is 11.5. The largest absolute Gasteiger partial charge is 0.463 e. The molecule has 0 aromatic carbocycles. The van der Waals surface area contributed by atoms with Gasteiger partial charge in [0.2, 0.25) is 0 Å². The molecule has 0 heterocycles. The van der Waals surface area contributed by atoms with E-state index in [-0.39, 0.29) is 5.97 Å². The van der Waals surface area contributed by atoms with E-state index in [1.807, 2.05) is 0 Å². The molecule has 0 spiro atoms. The van der Waals surface area contributed by atoms with Gasteiger partial charge < -0.3 is 4.74 Å². The Morgan fingerprint density at radius 3 is 1.58 bits per heavy atom. The number of carbonyl (C=O) groups excluding carboxylic acids is 1. The van der Waals surface area contributed by atoms with Crippen LogP contribution in [-0.2, 0) is 9.53 Å². The van der Waals surface area contributed by atoms with Gasteiger partial charge in [-0.25, -0.2) is 4.79 Å². The maximum atomic E-state index is 11.2. The second-order valence-corrected chi connectivity index (χ2v) is 7.85. The van der Waals surface area contributed by atoms with Gasteiger partial charge in [-0.3, -0.25) is 0 Å². The number of hydrogen-bond acceptors (Lipinski definition) is 2. The van der Waals surface area contributed by atoms with E-state index < -0.39 is 0 Å². The summed E-state index contributed by atoms with van der Waals surface area (Å²) in [5.41, 5.74) is 0. The minimum absolute atomic E-state index is 0.282. The first-order chi connectivity index (χ1) is 12.7. The van der Waals surface area contributed by atoms with Crippen molar-refractivity contribution in [1.29, 1.82) is 0 Å². The molecule has 2 heteroatoms. The summed E-state index contributed by atoms with van der Waals surface area (Å²) >= 11 is 0. The van der Waals surface area contributed by atoms with E-state index in [1.54, 1.807) is 0 Å². The highest BCUT2D eigenvalue weighted by molar-refractivity contribution is 5.81. The molecular weight excluding hydrogens is 320 g/mol. The van der Waals surface area contributed by atoms with Crippen LogP contribution in [0, 0.1) is 5.92 Å². The Morgan fingerprint density at radius 2 is 1.15 bits per heavy atom. The van der Waals surface area contributed by atoms with Crippen molar-refractivity contribution in [2.24, 2.45) is 5.92 Å². The molecule has 0 aliphatic carbocycles. The van der Waals surface area contributed by atoms with Gasteiger partial charge in [0.25, 0.3) is 0 Å². The molecule has 0 saturated carbocycles. The lowest BCUT2D eigenvalue weighted by Gasteiger charge is -2.17. The average molecular weight is 367 g/mol. The van der Waals surface area contributed by atoms with Gasteiger partial charge in [0.1, 0.15) is 0 Å². The second-order valence-electron chi connectivity index (χ2n) is 7.85. The molecule has 0 radical (unpaired) electrons. The predicted octanol–water partition coefficient (Wildman–Crippen LogP) is 8.00. The van der Waals surface area contributed by atoms with Crippen molar-refractivity contribution in [2.45, 2.75) is 123 Å². The lowest BCUT2D eigenvalue weighted by atomic mass is 9.91. The van der Waals surface area contributed by atoms with Crippen LogP contribution >= 0.6 is 0 Å². The fraction of sp³-hybridized carbons (Fsp3) is 0.875. The molecule has 26 heavy (non-hydrogen) atoms. The Bertz CT molecular complexity index is 311. The smallest absolute Gasteiger partial charge is 0.330 e. The van der Waals surface area contributed by atoms with Gasteiger partial charge in [0.05, 0.1) is 6.61 Å². The minimum atomic E-state index is -0.282. The standard InChI is InChI=1S/C24H46O2/c1-4-7-9-11-13-14-16-18-20-23(21-22-26-24(25)6-3)19-17-15-12-10-8-5-2/h6,23H,3-5,7-22H2,1-2H3. The topological polar surface area (TPSA) is 26.3 Å². The quantitative estimate of drug-likeness (QED) is 0.124. The Labute approximate surface area is 164 Å². The number of unbranched alkanes of at least 4 members (excludes halogenated alkanes) is 12. The Morgan fingerprint density at radius 1 is 0.731 bits per heavy atom. The molecule has 0 aromatic rings. The van der Waals surface area contributed by atoms with Gasteiger partial charge in [0.15, 0.2) is 0 Å². The summed E-state index contributed by atoms with van der Waals surface area (Å²) in [4.78, 5) is 11.2. The van der Waals surface area contributed by atoms with Gasteiger partial charge in [0, 0.05) is 6.08 Å². The fourth-order valence-electron chi connectivity index (χ4n) is 3.60. The van der Waals surface area contributed by atoms with Crippen LogP contribution in [0.4, 0.5) is 0 Å². The molecular formula is C24H46O2. The van der Waals surface area contributed by atoms with Crippen molar-refractivity contribution >= 4 is 5.97 Å². The Hall–Kier alpha value is -0.790. The van der Waals surface area contributed by atoms with E-state index in [9.17, 15) is 4.79 Å². The molecule has 0 saturated heterocycles. The summed E-state index contributed by atoms with van der Waals surface area (Å²) in [5.74, 6) is 0.439. The van der Waals surface area contributed by atoms with E-state index in [1.165, 1.54) is 109 Å². The van der Waals surface area contributed by atoms with Gasteiger partial charge in [-0.1, -0.05) is 123 Å². The van der Waals surface area contributed by atoms with Crippen molar-refractivity contribution in [3.63, 3.8) is 0 Å². The second kappa shape index (κ2) is 20.5. The summed E-state index contributed by atoms with van der Waals surface area (Å²) in [6.07, 6.45) is 24.1. The number of hydrogen-bond donors (Lipinski definition) is 0. The van der Waals surface area contributed by atoms with E-state index in [0.29, 0.717) is 6.61 Å². The summed E-state index contributed by atoms with van der Waals surface area (Å²) < 4.78 is 5.21. The monoisotopic (exact) mass is 366 g/mol. The zero-order valence-corrected chi connectivity index (χ0v) is 17.9. The van der Waals surface area contributed by atoms with E-state index in [2.05, 4.69) is 20.4 Å². The lowest BCUT2D eigenvalue weighted by molar-refractivity contribution is -0.138. The zero-order chi connectivity index (χ0) is 19.3. The molecule has 1 atom stereocenters.